The topological polar surface area (TPSA) is 145 Å². The SMILES string of the molecule is Nc1cccc(Oc2ccc(-c3ccc(Oc4cccc(N)c4C(=O)O)cc3)cc2)c1C(=O)O. The number of carboxylic acids is 2. The van der Waals surface area contributed by atoms with Gasteiger partial charge in [0.05, 0.1) is 0 Å². The lowest BCUT2D eigenvalue weighted by atomic mass is 10.1. The summed E-state index contributed by atoms with van der Waals surface area (Å²) >= 11 is 0. The fraction of sp³-hybridized carbons (Fsp3) is 0. The fourth-order valence-electron chi connectivity index (χ4n) is 3.41. The van der Waals surface area contributed by atoms with Crippen LogP contribution in [-0.2, 0) is 0 Å². The van der Waals surface area contributed by atoms with Gasteiger partial charge in [0.2, 0.25) is 0 Å². The van der Waals surface area contributed by atoms with Crippen LogP contribution in [0.4, 0.5) is 11.4 Å². The number of hydrogen-bond acceptors (Lipinski definition) is 6. The molecule has 170 valence electrons. The number of carboxylic acid groups (broad SMARTS) is 2. The highest BCUT2D eigenvalue weighted by atomic mass is 16.5. The van der Waals surface area contributed by atoms with E-state index in [4.69, 9.17) is 20.9 Å². The minimum atomic E-state index is -1.17. The molecule has 4 aromatic carbocycles. The zero-order valence-corrected chi connectivity index (χ0v) is 17.8. The number of carbonyl (C=O) groups is 2. The Labute approximate surface area is 194 Å². The Balaban J connectivity index is 1.51. The summed E-state index contributed by atoms with van der Waals surface area (Å²) in [4.78, 5) is 23.0. The molecule has 0 aliphatic carbocycles. The molecule has 8 heteroatoms. The van der Waals surface area contributed by atoms with Gasteiger partial charge in [-0.1, -0.05) is 36.4 Å². The van der Waals surface area contributed by atoms with Crippen molar-refractivity contribution in [1.82, 2.24) is 0 Å². The van der Waals surface area contributed by atoms with Gasteiger partial charge in [-0.3, -0.25) is 0 Å². The second-order valence-corrected chi connectivity index (χ2v) is 7.30. The summed E-state index contributed by atoms with van der Waals surface area (Å²) in [6.07, 6.45) is 0. The van der Waals surface area contributed by atoms with E-state index in [0.717, 1.165) is 11.1 Å². The van der Waals surface area contributed by atoms with Crippen LogP contribution in [0.3, 0.4) is 0 Å². The summed E-state index contributed by atoms with van der Waals surface area (Å²) < 4.78 is 11.5. The van der Waals surface area contributed by atoms with Gasteiger partial charge in [0.15, 0.2) is 0 Å². The lowest BCUT2D eigenvalue weighted by molar-refractivity contribution is 0.0684. The van der Waals surface area contributed by atoms with E-state index < -0.39 is 11.9 Å². The second kappa shape index (κ2) is 9.25. The first-order valence-electron chi connectivity index (χ1n) is 10.1. The van der Waals surface area contributed by atoms with E-state index >= 15 is 0 Å². The van der Waals surface area contributed by atoms with Crippen molar-refractivity contribution in [3.63, 3.8) is 0 Å². The van der Waals surface area contributed by atoms with Gasteiger partial charge in [-0.2, -0.15) is 0 Å². The lowest BCUT2D eigenvalue weighted by Crippen LogP contribution is -2.04. The molecule has 0 aromatic heterocycles. The highest BCUT2D eigenvalue weighted by Gasteiger charge is 2.17. The molecule has 0 amide bonds. The van der Waals surface area contributed by atoms with Crippen molar-refractivity contribution in [2.45, 2.75) is 0 Å². The summed E-state index contributed by atoms with van der Waals surface area (Å²) in [5.74, 6) is -1.10. The molecule has 0 saturated carbocycles. The van der Waals surface area contributed by atoms with Crippen LogP contribution in [0.15, 0.2) is 84.9 Å². The van der Waals surface area contributed by atoms with E-state index in [1.165, 1.54) is 12.1 Å². The molecule has 0 unspecified atom stereocenters. The average Bonchev–Trinajstić information content (AvgIpc) is 2.80. The van der Waals surface area contributed by atoms with Crippen LogP contribution in [0.1, 0.15) is 20.7 Å². The van der Waals surface area contributed by atoms with Crippen molar-refractivity contribution in [3.05, 3.63) is 96.1 Å². The minimum absolute atomic E-state index is 0.0895. The maximum absolute atomic E-state index is 11.5. The summed E-state index contributed by atoms with van der Waals surface area (Å²) in [7, 11) is 0. The predicted molar refractivity (Wildman–Crippen MR) is 128 cm³/mol. The maximum atomic E-state index is 11.5. The van der Waals surface area contributed by atoms with E-state index in [-0.39, 0.29) is 34.0 Å². The highest BCUT2D eigenvalue weighted by Crippen LogP contribution is 2.33. The van der Waals surface area contributed by atoms with Gasteiger partial charge < -0.3 is 31.2 Å². The van der Waals surface area contributed by atoms with Crippen molar-refractivity contribution in [3.8, 4) is 34.1 Å². The van der Waals surface area contributed by atoms with Gasteiger partial charge in [-0.15, -0.1) is 0 Å². The first kappa shape index (κ1) is 22.2. The van der Waals surface area contributed by atoms with Crippen molar-refractivity contribution in [2.75, 3.05) is 11.5 Å². The van der Waals surface area contributed by atoms with Crippen LogP contribution >= 0.6 is 0 Å². The third-order valence-corrected chi connectivity index (χ3v) is 5.04. The molecular weight excluding hydrogens is 436 g/mol. The number of hydrogen-bond donors (Lipinski definition) is 4. The van der Waals surface area contributed by atoms with Crippen LogP contribution in [0.2, 0.25) is 0 Å². The Bertz CT molecular complexity index is 1260. The van der Waals surface area contributed by atoms with E-state index in [9.17, 15) is 19.8 Å². The molecule has 34 heavy (non-hydrogen) atoms. The molecule has 0 spiro atoms. The zero-order chi connectivity index (χ0) is 24.2. The second-order valence-electron chi connectivity index (χ2n) is 7.30. The molecular formula is C26H20N2O6. The molecule has 0 aliphatic heterocycles. The molecule has 0 aliphatic rings. The van der Waals surface area contributed by atoms with E-state index in [2.05, 4.69) is 0 Å². The summed E-state index contributed by atoms with van der Waals surface area (Å²) in [6.45, 7) is 0. The van der Waals surface area contributed by atoms with Crippen LogP contribution < -0.4 is 20.9 Å². The molecule has 0 fully saturated rings. The van der Waals surface area contributed by atoms with Gasteiger partial charge >= 0.3 is 11.9 Å². The van der Waals surface area contributed by atoms with Gasteiger partial charge in [0.25, 0.3) is 0 Å². The number of rotatable bonds is 7. The quantitative estimate of drug-likeness (QED) is 0.267. The Morgan fingerprint density at radius 2 is 0.912 bits per heavy atom. The molecule has 8 nitrogen and oxygen atoms in total. The fourth-order valence-corrected chi connectivity index (χ4v) is 3.41. The van der Waals surface area contributed by atoms with E-state index in [1.54, 1.807) is 48.5 Å². The number of benzene rings is 4. The summed E-state index contributed by atoms with van der Waals surface area (Å²) in [6, 6.07) is 23.6. The Kier molecular flexibility index (Phi) is 6.05. The molecule has 6 N–H and O–H groups in total. The van der Waals surface area contributed by atoms with Crippen LogP contribution in [0, 0.1) is 0 Å². The minimum Gasteiger partial charge on any atom is -0.477 e. The van der Waals surface area contributed by atoms with Crippen molar-refractivity contribution < 1.29 is 29.3 Å². The Morgan fingerprint density at radius 3 is 1.24 bits per heavy atom. The molecule has 4 rings (SSSR count). The maximum Gasteiger partial charge on any atom is 0.341 e. The number of nitrogens with two attached hydrogens (primary N) is 2. The average molecular weight is 456 g/mol. The number of nitrogen functional groups attached to an aromatic ring is 2. The van der Waals surface area contributed by atoms with Crippen LogP contribution in [-0.4, -0.2) is 22.2 Å². The molecule has 4 aromatic rings. The number of anilines is 2. The summed E-state index contributed by atoms with van der Waals surface area (Å²) in [5, 5.41) is 18.8. The number of aromatic carboxylic acids is 2. The summed E-state index contributed by atoms with van der Waals surface area (Å²) in [5.41, 5.74) is 13.4. The third-order valence-electron chi connectivity index (χ3n) is 5.04. The molecule has 0 bridgehead atoms. The van der Waals surface area contributed by atoms with Crippen molar-refractivity contribution in [2.24, 2.45) is 0 Å². The monoisotopic (exact) mass is 456 g/mol. The van der Waals surface area contributed by atoms with E-state index in [1.807, 2.05) is 24.3 Å². The van der Waals surface area contributed by atoms with Crippen molar-refractivity contribution >= 4 is 23.3 Å². The van der Waals surface area contributed by atoms with Gasteiger partial charge in [-0.05, 0) is 59.7 Å². The first-order valence-corrected chi connectivity index (χ1v) is 10.1. The van der Waals surface area contributed by atoms with Gasteiger partial charge in [0.1, 0.15) is 34.1 Å². The van der Waals surface area contributed by atoms with Gasteiger partial charge in [0, 0.05) is 11.4 Å². The Morgan fingerprint density at radius 1 is 0.559 bits per heavy atom. The Hall–Kier alpha value is -4.98. The molecule has 0 heterocycles. The molecule has 0 atom stereocenters. The first-order chi connectivity index (χ1) is 16.3. The zero-order valence-electron chi connectivity index (χ0n) is 17.8. The van der Waals surface area contributed by atoms with Crippen LogP contribution in [0.5, 0.6) is 23.0 Å². The highest BCUT2D eigenvalue weighted by molar-refractivity contribution is 5.97. The van der Waals surface area contributed by atoms with E-state index in [0.29, 0.717) is 11.5 Å². The predicted octanol–water partition coefficient (Wildman–Crippen LogP) is 5.50. The smallest absolute Gasteiger partial charge is 0.341 e. The normalized spacial score (nSPS) is 10.5. The van der Waals surface area contributed by atoms with Crippen LogP contribution in [0.25, 0.3) is 11.1 Å². The third kappa shape index (κ3) is 4.61. The van der Waals surface area contributed by atoms with Crippen molar-refractivity contribution in [1.29, 1.82) is 0 Å². The van der Waals surface area contributed by atoms with Gasteiger partial charge in [-0.25, -0.2) is 9.59 Å². The molecule has 0 saturated heterocycles. The standard InChI is InChI=1S/C26H20N2O6/c27-19-3-1-5-21(23(19)25(29)30)33-17-11-7-15(8-12-17)16-9-13-18(14-10-16)34-22-6-2-4-20(28)24(22)26(31)32/h1-14H,27-28H2,(H,29,30)(H,31,32). The largest absolute Gasteiger partial charge is 0.477 e. The lowest BCUT2D eigenvalue weighted by Gasteiger charge is -2.12. The number of ether oxygens (including phenoxy) is 2. The molecule has 0 radical (unpaired) electrons.